The molecule has 1 aromatic heterocycles. The third kappa shape index (κ3) is 2.10. The number of hydrogen-bond donors (Lipinski definition) is 1. The van der Waals surface area contributed by atoms with Crippen LogP contribution < -0.4 is 0 Å². The van der Waals surface area contributed by atoms with Gasteiger partial charge < -0.3 is 14.4 Å². The van der Waals surface area contributed by atoms with Crippen molar-refractivity contribution < 1.29 is 18.7 Å². The molecule has 2 heterocycles. The summed E-state index contributed by atoms with van der Waals surface area (Å²) in [5.41, 5.74) is 0.115. The van der Waals surface area contributed by atoms with Gasteiger partial charge in [-0.15, -0.1) is 0 Å². The lowest BCUT2D eigenvalue weighted by atomic mass is 10.1. The second-order valence-corrected chi connectivity index (χ2v) is 4.86. The number of aliphatic hydroxyl groups excluding tert-OH is 1. The van der Waals surface area contributed by atoms with Gasteiger partial charge in [-0.2, -0.15) is 0 Å². The molecule has 0 bridgehead atoms. The van der Waals surface area contributed by atoms with Gasteiger partial charge in [-0.3, -0.25) is 4.79 Å². The molecule has 100 valence electrons. The number of furan rings is 1. The van der Waals surface area contributed by atoms with Crippen LogP contribution in [0.25, 0.3) is 11.0 Å². The molecule has 19 heavy (non-hydrogen) atoms. The molecular formula is C14H14FNO3. The molecule has 1 amide bonds. The number of hydrogen-bond acceptors (Lipinski definition) is 3. The third-order valence-corrected chi connectivity index (χ3v) is 3.54. The molecule has 5 heteroatoms. The van der Waals surface area contributed by atoms with Gasteiger partial charge in [0, 0.05) is 31.0 Å². The molecule has 0 radical (unpaired) electrons. The maximum absolute atomic E-state index is 13.5. The van der Waals surface area contributed by atoms with E-state index in [2.05, 4.69) is 0 Å². The maximum Gasteiger partial charge on any atom is 0.289 e. The van der Waals surface area contributed by atoms with E-state index in [1.54, 1.807) is 23.1 Å². The predicted molar refractivity (Wildman–Crippen MR) is 67.3 cm³/mol. The van der Waals surface area contributed by atoms with Crippen molar-refractivity contribution in [2.75, 3.05) is 19.7 Å². The Kier molecular flexibility index (Phi) is 2.98. The quantitative estimate of drug-likeness (QED) is 0.902. The molecule has 1 atom stereocenters. The van der Waals surface area contributed by atoms with Crippen LogP contribution in [-0.4, -0.2) is 35.6 Å². The summed E-state index contributed by atoms with van der Waals surface area (Å²) in [6.07, 6.45) is 0.789. The minimum atomic E-state index is -0.466. The molecule has 1 saturated heterocycles. The number of amides is 1. The van der Waals surface area contributed by atoms with Crippen molar-refractivity contribution in [2.45, 2.75) is 6.42 Å². The predicted octanol–water partition coefficient (Wildman–Crippen LogP) is 2.03. The van der Waals surface area contributed by atoms with Gasteiger partial charge in [0.05, 0.1) is 0 Å². The number of fused-ring (bicyclic) bond motifs is 1. The normalized spacial score (nSPS) is 19.3. The largest absolute Gasteiger partial charge is 0.448 e. The van der Waals surface area contributed by atoms with Gasteiger partial charge in [0.25, 0.3) is 5.91 Å². The Labute approximate surface area is 109 Å². The van der Waals surface area contributed by atoms with E-state index < -0.39 is 5.82 Å². The van der Waals surface area contributed by atoms with Gasteiger partial charge in [-0.25, -0.2) is 4.39 Å². The first kappa shape index (κ1) is 12.2. The van der Waals surface area contributed by atoms with Crippen molar-refractivity contribution in [2.24, 2.45) is 5.92 Å². The van der Waals surface area contributed by atoms with Crippen LogP contribution in [0.4, 0.5) is 4.39 Å². The van der Waals surface area contributed by atoms with Crippen molar-refractivity contribution in [1.82, 2.24) is 4.90 Å². The molecular weight excluding hydrogens is 249 g/mol. The highest BCUT2D eigenvalue weighted by Gasteiger charge is 2.28. The van der Waals surface area contributed by atoms with Gasteiger partial charge in [0.15, 0.2) is 17.2 Å². The first-order chi connectivity index (χ1) is 9.19. The zero-order valence-corrected chi connectivity index (χ0v) is 10.3. The van der Waals surface area contributed by atoms with Gasteiger partial charge in [-0.1, -0.05) is 12.1 Å². The Balaban J connectivity index is 1.88. The van der Waals surface area contributed by atoms with Crippen LogP contribution >= 0.6 is 0 Å². The molecule has 1 aliphatic rings. The molecule has 0 aliphatic carbocycles. The van der Waals surface area contributed by atoms with E-state index in [0.717, 1.165) is 6.42 Å². The first-order valence-electron chi connectivity index (χ1n) is 6.27. The fourth-order valence-electron chi connectivity index (χ4n) is 2.45. The van der Waals surface area contributed by atoms with E-state index in [1.807, 2.05) is 0 Å². The molecule has 0 saturated carbocycles. The zero-order valence-electron chi connectivity index (χ0n) is 10.3. The van der Waals surface area contributed by atoms with Crippen LogP contribution in [0.15, 0.2) is 28.7 Å². The number of aliphatic hydroxyl groups is 1. The second kappa shape index (κ2) is 4.66. The van der Waals surface area contributed by atoms with E-state index in [1.165, 1.54) is 6.07 Å². The Morgan fingerprint density at radius 2 is 2.37 bits per heavy atom. The molecule has 1 N–H and O–H groups in total. The van der Waals surface area contributed by atoms with E-state index in [0.29, 0.717) is 18.5 Å². The molecule has 2 aromatic rings. The van der Waals surface area contributed by atoms with Gasteiger partial charge in [0.1, 0.15) is 0 Å². The number of rotatable bonds is 2. The monoisotopic (exact) mass is 263 g/mol. The van der Waals surface area contributed by atoms with Crippen LogP contribution in [-0.2, 0) is 0 Å². The number of para-hydroxylation sites is 1. The average Bonchev–Trinajstić information content (AvgIpc) is 3.05. The summed E-state index contributed by atoms with van der Waals surface area (Å²) in [5.74, 6) is -0.429. The number of likely N-dealkylation sites (tertiary alicyclic amines) is 1. The minimum Gasteiger partial charge on any atom is -0.448 e. The number of halogens is 1. The highest BCUT2D eigenvalue weighted by Crippen LogP contribution is 2.25. The topological polar surface area (TPSA) is 53.7 Å². The van der Waals surface area contributed by atoms with Crippen molar-refractivity contribution >= 4 is 16.9 Å². The molecule has 1 aromatic carbocycles. The smallest absolute Gasteiger partial charge is 0.289 e. The van der Waals surface area contributed by atoms with Crippen molar-refractivity contribution in [1.29, 1.82) is 0 Å². The Bertz CT molecular complexity index is 622. The Morgan fingerprint density at radius 1 is 1.53 bits per heavy atom. The lowest BCUT2D eigenvalue weighted by molar-refractivity contribution is 0.0752. The summed E-state index contributed by atoms with van der Waals surface area (Å²) in [5, 5.41) is 9.66. The number of nitrogens with zero attached hydrogens (tertiary/aromatic N) is 1. The summed E-state index contributed by atoms with van der Waals surface area (Å²) >= 11 is 0. The highest BCUT2D eigenvalue weighted by atomic mass is 19.1. The van der Waals surface area contributed by atoms with Crippen LogP contribution in [0, 0.1) is 11.7 Å². The summed E-state index contributed by atoms with van der Waals surface area (Å²) in [7, 11) is 0. The SMILES string of the molecule is O=C(c1cc2cccc(F)c2o1)N1CCC(CO)C1. The van der Waals surface area contributed by atoms with Gasteiger partial charge in [0.2, 0.25) is 0 Å². The second-order valence-electron chi connectivity index (χ2n) is 4.86. The molecule has 4 nitrogen and oxygen atoms in total. The van der Waals surface area contributed by atoms with Crippen molar-refractivity contribution in [3.8, 4) is 0 Å². The summed E-state index contributed by atoms with van der Waals surface area (Å²) in [6.45, 7) is 1.21. The van der Waals surface area contributed by atoms with E-state index >= 15 is 0 Å². The van der Waals surface area contributed by atoms with Crippen LogP contribution in [0.3, 0.4) is 0 Å². The number of carbonyl (C=O) groups is 1. The number of carbonyl (C=O) groups excluding carboxylic acids is 1. The summed E-state index contributed by atoms with van der Waals surface area (Å²) in [6, 6.07) is 6.16. The van der Waals surface area contributed by atoms with Crippen molar-refractivity contribution in [3.05, 3.63) is 35.8 Å². The first-order valence-corrected chi connectivity index (χ1v) is 6.27. The van der Waals surface area contributed by atoms with Crippen LogP contribution in [0.2, 0.25) is 0 Å². The standard InChI is InChI=1S/C14H14FNO3/c15-11-3-1-2-10-6-12(19-13(10)11)14(18)16-5-4-9(7-16)8-17/h1-3,6,9,17H,4-5,7-8H2. The van der Waals surface area contributed by atoms with E-state index in [4.69, 9.17) is 9.52 Å². The van der Waals surface area contributed by atoms with Crippen LogP contribution in [0.1, 0.15) is 17.0 Å². The van der Waals surface area contributed by atoms with E-state index in [9.17, 15) is 9.18 Å². The fourth-order valence-corrected chi connectivity index (χ4v) is 2.45. The average molecular weight is 263 g/mol. The van der Waals surface area contributed by atoms with Gasteiger partial charge >= 0.3 is 0 Å². The third-order valence-electron chi connectivity index (χ3n) is 3.54. The molecule has 1 aliphatic heterocycles. The maximum atomic E-state index is 13.5. The zero-order chi connectivity index (χ0) is 13.4. The lowest BCUT2D eigenvalue weighted by Crippen LogP contribution is -2.28. The number of benzene rings is 1. The lowest BCUT2D eigenvalue weighted by Gasteiger charge is -2.13. The van der Waals surface area contributed by atoms with Crippen LogP contribution in [0.5, 0.6) is 0 Å². The fraction of sp³-hybridized carbons (Fsp3) is 0.357. The van der Waals surface area contributed by atoms with E-state index in [-0.39, 0.29) is 29.8 Å². The molecule has 0 spiro atoms. The summed E-state index contributed by atoms with van der Waals surface area (Å²) < 4.78 is 18.8. The Morgan fingerprint density at radius 3 is 3.05 bits per heavy atom. The minimum absolute atomic E-state index is 0.0819. The van der Waals surface area contributed by atoms with Gasteiger partial charge in [-0.05, 0) is 18.6 Å². The molecule has 1 fully saturated rings. The highest BCUT2D eigenvalue weighted by molar-refractivity contribution is 5.96. The van der Waals surface area contributed by atoms with Crippen molar-refractivity contribution in [3.63, 3.8) is 0 Å². The molecule has 1 unspecified atom stereocenters. The molecule has 3 rings (SSSR count). The summed E-state index contributed by atoms with van der Waals surface area (Å²) in [4.78, 5) is 13.9. The Hall–Kier alpha value is -1.88.